The second-order valence-electron chi connectivity index (χ2n) is 5.41. The summed E-state index contributed by atoms with van der Waals surface area (Å²) < 4.78 is 10.8. The number of hydrogen-bond acceptors (Lipinski definition) is 3. The molecule has 2 atom stereocenters. The Morgan fingerprint density at radius 3 is 3.00 bits per heavy atom. The van der Waals surface area contributed by atoms with E-state index in [-0.39, 0.29) is 6.04 Å². The van der Waals surface area contributed by atoms with Gasteiger partial charge in [0.2, 0.25) is 0 Å². The van der Waals surface area contributed by atoms with Crippen molar-refractivity contribution < 1.29 is 9.15 Å². The lowest BCUT2D eigenvalue weighted by Crippen LogP contribution is -2.27. The molecule has 1 N–H and O–H groups in total. The van der Waals surface area contributed by atoms with E-state index in [4.69, 9.17) is 9.15 Å². The summed E-state index contributed by atoms with van der Waals surface area (Å²) in [7, 11) is 1.72. The molecule has 106 valence electrons. The molecule has 3 nitrogen and oxygen atoms in total. The summed E-state index contributed by atoms with van der Waals surface area (Å²) in [5, 5.41) is 3.68. The fraction of sp³-hybridized carbons (Fsp3) is 0.412. The van der Waals surface area contributed by atoms with Gasteiger partial charge in [-0.1, -0.05) is 6.07 Å². The van der Waals surface area contributed by atoms with Gasteiger partial charge in [0, 0.05) is 6.04 Å². The smallest absolute Gasteiger partial charge is 0.120 e. The van der Waals surface area contributed by atoms with E-state index in [1.54, 1.807) is 13.4 Å². The molecule has 0 bridgehead atoms. The van der Waals surface area contributed by atoms with Crippen molar-refractivity contribution in [3.05, 3.63) is 53.5 Å². The minimum atomic E-state index is 0.215. The first-order valence-electron chi connectivity index (χ1n) is 7.24. The van der Waals surface area contributed by atoms with Crippen LogP contribution in [0.25, 0.3) is 0 Å². The third-order valence-corrected chi connectivity index (χ3v) is 4.09. The lowest BCUT2D eigenvalue weighted by Gasteiger charge is -2.29. The highest BCUT2D eigenvalue weighted by molar-refractivity contribution is 5.39. The summed E-state index contributed by atoms with van der Waals surface area (Å²) in [4.78, 5) is 0. The molecular weight excluding hydrogens is 250 g/mol. The van der Waals surface area contributed by atoms with Crippen LogP contribution in [0.15, 0.2) is 41.0 Å². The molecule has 0 saturated carbocycles. The fourth-order valence-electron chi connectivity index (χ4n) is 3.00. The molecule has 0 amide bonds. The largest absolute Gasteiger partial charge is 0.497 e. The Kier molecular flexibility index (Phi) is 3.79. The van der Waals surface area contributed by atoms with Crippen molar-refractivity contribution in [2.45, 2.75) is 38.3 Å². The molecular formula is C17H21NO2. The molecule has 0 radical (unpaired) electrons. The second-order valence-corrected chi connectivity index (χ2v) is 5.41. The van der Waals surface area contributed by atoms with Crippen molar-refractivity contribution in [1.82, 2.24) is 5.32 Å². The van der Waals surface area contributed by atoms with Crippen LogP contribution in [0.1, 0.15) is 48.7 Å². The Bertz CT molecular complexity index is 562. The Morgan fingerprint density at radius 2 is 2.25 bits per heavy atom. The van der Waals surface area contributed by atoms with Crippen molar-refractivity contribution >= 4 is 0 Å². The van der Waals surface area contributed by atoms with Gasteiger partial charge in [-0.3, -0.25) is 0 Å². The average molecular weight is 271 g/mol. The zero-order valence-corrected chi connectivity index (χ0v) is 12.1. The molecule has 3 heteroatoms. The van der Waals surface area contributed by atoms with Crippen LogP contribution in [-0.2, 0) is 6.42 Å². The van der Waals surface area contributed by atoms with E-state index in [0.717, 1.165) is 24.4 Å². The summed E-state index contributed by atoms with van der Waals surface area (Å²) >= 11 is 0. The maximum Gasteiger partial charge on any atom is 0.120 e. The van der Waals surface area contributed by atoms with Gasteiger partial charge in [-0.15, -0.1) is 0 Å². The maximum absolute atomic E-state index is 5.48. The monoisotopic (exact) mass is 271 g/mol. The lowest BCUT2D eigenvalue weighted by atomic mass is 9.87. The number of aryl methyl sites for hydroxylation is 1. The van der Waals surface area contributed by atoms with E-state index in [1.165, 1.54) is 17.5 Å². The van der Waals surface area contributed by atoms with E-state index in [2.05, 4.69) is 30.4 Å². The molecule has 0 aliphatic heterocycles. The van der Waals surface area contributed by atoms with Crippen LogP contribution in [0.2, 0.25) is 0 Å². The third kappa shape index (κ3) is 2.59. The molecule has 1 aromatic heterocycles. The first kappa shape index (κ1) is 13.3. The van der Waals surface area contributed by atoms with Crippen molar-refractivity contribution in [2.75, 3.05) is 7.11 Å². The number of benzene rings is 1. The fourth-order valence-corrected chi connectivity index (χ4v) is 3.00. The van der Waals surface area contributed by atoms with Gasteiger partial charge in [0.25, 0.3) is 0 Å². The number of furan rings is 1. The highest BCUT2D eigenvalue weighted by Crippen LogP contribution is 2.34. The molecule has 20 heavy (non-hydrogen) atoms. The van der Waals surface area contributed by atoms with Crippen LogP contribution in [0, 0.1) is 0 Å². The Hall–Kier alpha value is -1.74. The van der Waals surface area contributed by atoms with Crippen molar-refractivity contribution in [1.29, 1.82) is 0 Å². The molecule has 3 rings (SSSR count). The number of nitrogens with one attached hydrogen (secondary N) is 1. The number of methoxy groups -OCH3 is 1. The van der Waals surface area contributed by atoms with Crippen LogP contribution in [0.4, 0.5) is 0 Å². The topological polar surface area (TPSA) is 34.4 Å². The summed E-state index contributed by atoms with van der Waals surface area (Å²) in [6.45, 7) is 2.15. The van der Waals surface area contributed by atoms with Crippen molar-refractivity contribution in [3.63, 3.8) is 0 Å². The van der Waals surface area contributed by atoms with Crippen LogP contribution in [0.3, 0.4) is 0 Å². The van der Waals surface area contributed by atoms with Gasteiger partial charge in [-0.25, -0.2) is 0 Å². The highest BCUT2D eigenvalue weighted by Gasteiger charge is 2.23. The van der Waals surface area contributed by atoms with Gasteiger partial charge in [0.15, 0.2) is 0 Å². The first-order chi connectivity index (χ1) is 9.78. The summed E-state index contributed by atoms with van der Waals surface area (Å²) in [5.41, 5.74) is 2.80. The molecule has 0 spiro atoms. The van der Waals surface area contributed by atoms with E-state index in [9.17, 15) is 0 Å². The predicted molar refractivity (Wildman–Crippen MR) is 78.9 cm³/mol. The average Bonchev–Trinajstić information content (AvgIpc) is 3.01. The second kappa shape index (κ2) is 5.71. The zero-order chi connectivity index (χ0) is 13.9. The van der Waals surface area contributed by atoms with Crippen LogP contribution in [-0.4, -0.2) is 7.11 Å². The zero-order valence-electron chi connectivity index (χ0n) is 12.1. The van der Waals surface area contributed by atoms with E-state index in [1.807, 2.05) is 12.1 Å². The third-order valence-electron chi connectivity index (χ3n) is 4.09. The predicted octanol–water partition coefficient (Wildman–Crippen LogP) is 4.02. The molecule has 1 aromatic carbocycles. The number of hydrogen-bond donors (Lipinski definition) is 1. The van der Waals surface area contributed by atoms with Gasteiger partial charge in [0.1, 0.15) is 11.5 Å². The molecule has 0 saturated heterocycles. The normalized spacial score (nSPS) is 19.4. The highest BCUT2D eigenvalue weighted by atomic mass is 16.5. The molecule has 1 aliphatic carbocycles. The molecule has 2 aromatic rings. The first-order valence-corrected chi connectivity index (χ1v) is 7.24. The van der Waals surface area contributed by atoms with Gasteiger partial charge in [-0.2, -0.15) is 0 Å². The minimum absolute atomic E-state index is 0.215. The van der Waals surface area contributed by atoms with E-state index >= 15 is 0 Å². The quantitative estimate of drug-likeness (QED) is 0.912. The van der Waals surface area contributed by atoms with Crippen LogP contribution < -0.4 is 10.1 Å². The minimum Gasteiger partial charge on any atom is -0.497 e. The van der Waals surface area contributed by atoms with Crippen molar-refractivity contribution in [2.24, 2.45) is 0 Å². The Balaban J connectivity index is 1.82. The molecule has 1 heterocycles. The summed E-state index contributed by atoms with van der Waals surface area (Å²) in [6, 6.07) is 11.0. The number of fused-ring (bicyclic) bond motifs is 1. The summed E-state index contributed by atoms with van der Waals surface area (Å²) in [6.07, 6.45) is 5.27. The van der Waals surface area contributed by atoms with Gasteiger partial charge >= 0.3 is 0 Å². The molecule has 2 unspecified atom stereocenters. The number of rotatable bonds is 4. The van der Waals surface area contributed by atoms with Gasteiger partial charge < -0.3 is 14.5 Å². The van der Waals surface area contributed by atoms with Crippen LogP contribution in [0.5, 0.6) is 5.75 Å². The van der Waals surface area contributed by atoms with E-state index < -0.39 is 0 Å². The standard InChI is InChI=1S/C17H21NO2/c1-12(17-7-4-10-20-17)18-16-6-3-5-13-8-9-14(19-2)11-15(13)16/h4,7-12,16,18H,3,5-6H2,1-2H3. The van der Waals surface area contributed by atoms with Gasteiger partial charge in [0.05, 0.1) is 19.4 Å². The maximum atomic E-state index is 5.48. The van der Waals surface area contributed by atoms with Gasteiger partial charge in [-0.05, 0) is 61.6 Å². The number of ether oxygens (including phenoxy) is 1. The Labute approximate surface area is 119 Å². The lowest BCUT2D eigenvalue weighted by molar-refractivity contribution is 0.364. The molecule has 1 aliphatic rings. The van der Waals surface area contributed by atoms with Crippen LogP contribution >= 0.6 is 0 Å². The van der Waals surface area contributed by atoms with Crippen molar-refractivity contribution in [3.8, 4) is 5.75 Å². The summed E-state index contributed by atoms with van der Waals surface area (Å²) in [5.74, 6) is 1.92. The van der Waals surface area contributed by atoms with E-state index in [0.29, 0.717) is 6.04 Å². The molecule has 0 fully saturated rings. The SMILES string of the molecule is COc1ccc2c(c1)C(NC(C)c1ccco1)CCC2. The Morgan fingerprint density at radius 1 is 1.35 bits per heavy atom.